The van der Waals surface area contributed by atoms with E-state index >= 15 is 0 Å². The van der Waals surface area contributed by atoms with E-state index in [9.17, 15) is 4.79 Å². The van der Waals surface area contributed by atoms with Crippen LogP contribution in [0.25, 0.3) is 38.6 Å². The van der Waals surface area contributed by atoms with Crippen LogP contribution in [0.5, 0.6) is 0 Å². The summed E-state index contributed by atoms with van der Waals surface area (Å²) in [5, 5.41) is 13.4. The average molecular weight is 426 g/mol. The van der Waals surface area contributed by atoms with Crippen LogP contribution in [0.1, 0.15) is 12.0 Å². The van der Waals surface area contributed by atoms with Gasteiger partial charge in [0.15, 0.2) is 0 Å². The zero-order valence-electron chi connectivity index (χ0n) is 16.8. The summed E-state index contributed by atoms with van der Waals surface area (Å²) in [5.41, 5.74) is 5.26. The SMILES string of the molecule is O=C(O)CCc1cccc(-n2c(-c3ccc(Cl)cc3)cc3c4ccccc4ccc32)c1. The van der Waals surface area contributed by atoms with Gasteiger partial charge in [-0.1, -0.05) is 66.2 Å². The van der Waals surface area contributed by atoms with Crippen LogP contribution in [-0.2, 0) is 11.2 Å². The highest BCUT2D eigenvalue weighted by Crippen LogP contribution is 2.36. The van der Waals surface area contributed by atoms with Crippen molar-refractivity contribution in [2.24, 2.45) is 0 Å². The van der Waals surface area contributed by atoms with Crippen LogP contribution in [-0.4, -0.2) is 15.6 Å². The number of nitrogens with zero attached hydrogens (tertiary/aromatic N) is 1. The molecule has 3 nitrogen and oxygen atoms in total. The predicted octanol–water partition coefficient (Wildman–Crippen LogP) is 7.12. The van der Waals surface area contributed by atoms with Crippen molar-refractivity contribution in [3.05, 3.63) is 102 Å². The van der Waals surface area contributed by atoms with E-state index in [-0.39, 0.29) is 6.42 Å². The van der Waals surface area contributed by atoms with E-state index in [1.165, 1.54) is 16.2 Å². The van der Waals surface area contributed by atoms with Crippen LogP contribution in [0.3, 0.4) is 0 Å². The molecule has 5 rings (SSSR count). The van der Waals surface area contributed by atoms with Gasteiger partial charge in [0, 0.05) is 22.5 Å². The Balaban J connectivity index is 1.77. The molecule has 1 N–H and O–H groups in total. The number of hydrogen-bond donors (Lipinski definition) is 1. The van der Waals surface area contributed by atoms with Crippen molar-refractivity contribution in [3.63, 3.8) is 0 Å². The molecule has 31 heavy (non-hydrogen) atoms. The number of hydrogen-bond acceptors (Lipinski definition) is 1. The molecule has 0 atom stereocenters. The van der Waals surface area contributed by atoms with Gasteiger partial charge in [0.25, 0.3) is 0 Å². The Morgan fingerprint density at radius 1 is 0.839 bits per heavy atom. The minimum Gasteiger partial charge on any atom is -0.481 e. The van der Waals surface area contributed by atoms with E-state index in [0.717, 1.165) is 28.0 Å². The van der Waals surface area contributed by atoms with Crippen LogP contribution >= 0.6 is 11.6 Å². The van der Waals surface area contributed by atoms with Gasteiger partial charge in [-0.15, -0.1) is 0 Å². The number of rotatable bonds is 5. The third-order valence-corrected chi connectivity index (χ3v) is 5.90. The van der Waals surface area contributed by atoms with Crippen LogP contribution in [0.15, 0.2) is 91.0 Å². The Hall–Kier alpha value is -3.56. The Bertz CT molecular complexity index is 1420. The summed E-state index contributed by atoms with van der Waals surface area (Å²) >= 11 is 6.14. The molecule has 0 spiro atoms. The van der Waals surface area contributed by atoms with Gasteiger partial charge >= 0.3 is 5.97 Å². The van der Waals surface area contributed by atoms with Crippen LogP contribution in [0.2, 0.25) is 5.02 Å². The molecule has 4 heteroatoms. The van der Waals surface area contributed by atoms with Crippen LogP contribution in [0.4, 0.5) is 0 Å². The molecule has 0 aliphatic heterocycles. The number of aliphatic carboxylic acids is 1. The van der Waals surface area contributed by atoms with Crippen molar-refractivity contribution in [1.82, 2.24) is 4.57 Å². The number of aryl methyl sites for hydroxylation is 1. The van der Waals surface area contributed by atoms with Gasteiger partial charge in [0.2, 0.25) is 0 Å². The summed E-state index contributed by atoms with van der Waals surface area (Å²) in [5.74, 6) is -0.787. The predicted molar refractivity (Wildman–Crippen MR) is 127 cm³/mol. The van der Waals surface area contributed by atoms with Gasteiger partial charge in [-0.2, -0.15) is 0 Å². The topological polar surface area (TPSA) is 42.2 Å². The summed E-state index contributed by atoms with van der Waals surface area (Å²) in [7, 11) is 0. The van der Waals surface area contributed by atoms with Gasteiger partial charge in [-0.05, 0) is 64.7 Å². The van der Waals surface area contributed by atoms with E-state index in [2.05, 4.69) is 59.2 Å². The zero-order chi connectivity index (χ0) is 21.4. The largest absolute Gasteiger partial charge is 0.481 e. The monoisotopic (exact) mass is 425 g/mol. The third kappa shape index (κ3) is 3.69. The van der Waals surface area contributed by atoms with Crippen molar-refractivity contribution in [2.75, 3.05) is 0 Å². The van der Waals surface area contributed by atoms with Gasteiger partial charge in [0.1, 0.15) is 0 Å². The molecule has 0 saturated heterocycles. The van der Waals surface area contributed by atoms with E-state index in [4.69, 9.17) is 16.7 Å². The Kier molecular flexibility index (Phi) is 4.97. The second-order valence-corrected chi connectivity index (χ2v) is 8.09. The summed E-state index contributed by atoms with van der Waals surface area (Å²) in [6.07, 6.45) is 0.617. The smallest absolute Gasteiger partial charge is 0.303 e. The minimum absolute atomic E-state index is 0.116. The molecule has 152 valence electrons. The second-order valence-electron chi connectivity index (χ2n) is 7.66. The Labute approximate surface area is 185 Å². The maximum atomic E-state index is 11.0. The lowest BCUT2D eigenvalue weighted by molar-refractivity contribution is -0.136. The first-order chi connectivity index (χ1) is 15.1. The molecule has 0 saturated carbocycles. The zero-order valence-corrected chi connectivity index (χ0v) is 17.5. The lowest BCUT2D eigenvalue weighted by atomic mass is 10.1. The fraction of sp³-hybridized carbons (Fsp3) is 0.0741. The number of carboxylic acid groups (broad SMARTS) is 1. The highest BCUT2D eigenvalue weighted by Gasteiger charge is 2.15. The molecule has 0 amide bonds. The molecular formula is C27H20ClNO2. The second kappa shape index (κ2) is 7.93. The average Bonchev–Trinajstić information content (AvgIpc) is 3.18. The van der Waals surface area contributed by atoms with E-state index < -0.39 is 5.97 Å². The lowest BCUT2D eigenvalue weighted by Gasteiger charge is -2.13. The van der Waals surface area contributed by atoms with Crippen molar-refractivity contribution < 1.29 is 9.90 Å². The maximum absolute atomic E-state index is 11.0. The highest BCUT2D eigenvalue weighted by atomic mass is 35.5. The number of carbonyl (C=O) groups is 1. The van der Waals surface area contributed by atoms with E-state index in [1.54, 1.807) is 0 Å². The Morgan fingerprint density at radius 3 is 2.45 bits per heavy atom. The number of benzene rings is 4. The molecule has 0 radical (unpaired) electrons. The molecule has 0 aliphatic rings. The van der Waals surface area contributed by atoms with Gasteiger partial charge in [0.05, 0.1) is 11.2 Å². The summed E-state index contributed by atoms with van der Waals surface area (Å²) in [6, 6.07) is 30.9. The van der Waals surface area contributed by atoms with E-state index in [0.29, 0.717) is 11.4 Å². The van der Waals surface area contributed by atoms with Crippen molar-refractivity contribution >= 4 is 39.2 Å². The third-order valence-electron chi connectivity index (χ3n) is 5.65. The van der Waals surface area contributed by atoms with Crippen LogP contribution in [0, 0.1) is 0 Å². The summed E-state index contributed by atoms with van der Waals surface area (Å²) in [4.78, 5) is 11.0. The quantitative estimate of drug-likeness (QED) is 0.325. The molecule has 0 aliphatic carbocycles. The standard InChI is InChI=1S/C27H20ClNO2/c28-21-12-9-20(10-13-21)26-17-24-23-7-2-1-5-19(23)11-14-25(24)29(26)22-6-3-4-18(16-22)8-15-27(30)31/h1-7,9-14,16-17H,8,15H2,(H,30,31). The van der Waals surface area contributed by atoms with Gasteiger partial charge in [-0.25, -0.2) is 0 Å². The maximum Gasteiger partial charge on any atom is 0.303 e. The van der Waals surface area contributed by atoms with Crippen molar-refractivity contribution in [1.29, 1.82) is 0 Å². The first-order valence-corrected chi connectivity index (χ1v) is 10.6. The fourth-order valence-corrected chi connectivity index (χ4v) is 4.30. The molecule has 0 fully saturated rings. The Morgan fingerprint density at radius 2 is 1.65 bits per heavy atom. The van der Waals surface area contributed by atoms with Crippen molar-refractivity contribution in [2.45, 2.75) is 12.8 Å². The summed E-state index contributed by atoms with van der Waals surface area (Å²) < 4.78 is 2.25. The first-order valence-electron chi connectivity index (χ1n) is 10.2. The van der Waals surface area contributed by atoms with Crippen molar-refractivity contribution in [3.8, 4) is 16.9 Å². The van der Waals surface area contributed by atoms with E-state index in [1.807, 2.05) is 36.4 Å². The molecular weight excluding hydrogens is 406 g/mol. The normalized spacial score (nSPS) is 11.3. The van der Waals surface area contributed by atoms with Gasteiger partial charge < -0.3 is 9.67 Å². The molecule has 1 aromatic heterocycles. The minimum atomic E-state index is -0.787. The first kappa shape index (κ1) is 19.4. The molecule has 1 heterocycles. The number of fused-ring (bicyclic) bond motifs is 3. The highest BCUT2D eigenvalue weighted by molar-refractivity contribution is 6.30. The van der Waals surface area contributed by atoms with Gasteiger partial charge in [-0.3, -0.25) is 4.79 Å². The number of aromatic nitrogens is 1. The van der Waals surface area contributed by atoms with Crippen LogP contribution < -0.4 is 0 Å². The molecule has 5 aromatic rings. The molecule has 0 bridgehead atoms. The molecule has 0 unspecified atom stereocenters. The lowest BCUT2D eigenvalue weighted by Crippen LogP contribution is -2.00. The number of carboxylic acids is 1. The summed E-state index contributed by atoms with van der Waals surface area (Å²) in [6.45, 7) is 0. The fourth-order valence-electron chi connectivity index (χ4n) is 4.18. The number of halogens is 1. The molecule has 4 aromatic carbocycles.